The molecule has 94 valence electrons. The molecule has 0 aliphatic carbocycles. The molecule has 1 aromatic heterocycles. The molecule has 19 heavy (non-hydrogen) atoms. The van der Waals surface area contributed by atoms with Crippen LogP contribution in [0.3, 0.4) is 0 Å². The van der Waals surface area contributed by atoms with Crippen molar-refractivity contribution in [1.29, 1.82) is 0 Å². The van der Waals surface area contributed by atoms with E-state index in [1.54, 1.807) is 24.3 Å². The first-order valence-corrected chi connectivity index (χ1v) is 6.14. The number of carbonyl (C=O) groups is 1. The van der Waals surface area contributed by atoms with E-state index in [1.807, 2.05) is 35.0 Å². The van der Waals surface area contributed by atoms with E-state index in [-0.39, 0.29) is 5.56 Å². The monoisotopic (exact) mass is 271 g/mol. The molecule has 1 N–H and O–H groups in total. The molecular formula is C15H10ClNO2. The van der Waals surface area contributed by atoms with Crippen molar-refractivity contribution in [2.24, 2.45) is 0 Å². The molecule has 4 heteroatoms. The molecule has 0 unspecified atom stereocenters. The summed E-state index contributed by atoms with van der Waals surface area (Å²) < 4.78 is 1.86. The van der Waals surface area contributed by atoms with Crippen molar-refractivity contribution in [3.05, 3.63) is 65.3 Å². The number of halogens is 1. The molecule has 0 radical (unpaired) electrons. The third-order valence-electron chi connectivity index (χ3n) is 3.05. The number of rotatable bonds is 2. The van der Waals surface area contributed by atoms with Gasteiger partial charge >= 0.3 is 5.97 Å². The predicted molar refractivity (Wildman–Crippen MR) is 75.2 cm³/mol. The van der Waals surface area contributed by atoms with Gasteiger partial charge in [0, 0.05) is 16.6 Å². The average molecular weight is 272 g/mol. The van der Waals surface area contributed by atoms with Gasteiger partial charge in [0.25, 0.3) is 0 Å². The van der Waals surface area contributed by atoms with E-state index < -0.39 is 5.97 Å². The normalized spacial score (nSPS) is 10.8. The Labute approximate surface area is 114 Å². The molecule has 0 atom stereocenters. The summed E-state index contributed by atoms with van der Waals surface area (Å²) in [7, 11) is 0. The third-order valence-corrected chi connectivity index (χ3v) is 3.28. The molecule has 1 heterocycles. The maximum atomic E-state index is 11.3. The summed E-state index contributed by atoms with van der Waals surface area (Å²) >= 11 is 5.95. The van der Waals surface area contributed by atoms with Crippen LogP contribution >= 0.6 is 11.6 Å². The van der Waals surface area contributed by atoms with Crippen LogP contribution in [-0.4, -0.2) is 15.6 Å². The molecule has 3 aromatic rings. The van der Waals surface area contributed by atoms with E-state index in [2.05, 4.69) is 0 Å². The fraction of sp³-hybridized carbons (Fsp3) is 0. The zero-order chi connectivity index (χ0) is 13.4. The summed E-state index contributed by atoms with van der Waals surface area (Å²) in [6, 6.07) is 14.4. The van der Waals surface area contributed by atoms with E-state index >= 15 is 0 Å². The lowest BCUT2D eigenvalue weighted by molar-refractivity contribution is 0.0697. The standard InChI is InChI=1S/C15H10ClNO2/c16-11-5-6-13-10(9-11)7-8-17(13)14-4-2-1-3-12(14)15(18)19/h1-9H,(H,18,19). The van der Waals surface area contributed by atoms with E-state index in [0.29, 0.717) is 10.7 Å². The number of carboxylic acids is 1. The van der Waals surface area contributed by atoms with E-state index in [4.69, 9.17) is 11.6 Å². The van der Waals surface area contributed by atoms with Crippen LogP contribution < -0.4 is 0 Å². The fourth-order valence-corrected chi connectivity index (χ4v) is 2.37. The van der Waals surface area contributed by atoms with Gasteiger partial charge in [0.2, 0.25) is 0 Å². The van der Waals surface area contributed by atoms with Gasteiger partial charge in [-0.2, -0.15) is 0 Å². The number of aromatic nitrogens is 1. The summed E-state index contributed by atoms with van der Waals surface area (Å²) in [6.45, 7) is 0. The Balaban J connectivity index is 2.28. The summed E-state index contributed by atoms with van der Waals surface area (Å²) in [5, 5.41) is 10.9. The first-order chi connectivity index (χ1) is 9.16. The van der Waals surface area contributed by atoms with Crippen molar-refractivity contribution in [3.8, 4) is 5.69 Å². The van der Waals surface area contributed by atoms with Crippen molar-refractivity contribution < 1.29 is 9.90 Å². The first-order valence-electron chi connectivity index (χ1n) is 5.76. The second kappa shape index (κ2) is 4.44. The Morgan fingerprint density at radius 2 is 1.89 bits per heavy atom. The van der Waals surface area contributed by atoms with Gasteiger partial charge in [0.15, 0.2) is 0 Å². The van der Waals surface area contributed by atoms with Gasteiger partial charge in [-0.05, 0) is 36.4 Å². The topological polar surface area (TPSA) is 42.2 Å². The molecule has 0 aliphatic rings. The van der Waals surface area contributed by atoms with Crippen LogP contribution in [0.15, 0.2) is 54.7 Å². The minimum absolute atomic E-state index is 0.273. The number of benzene rings is 2. The zero-order valence-electron chi connectivity index (χ0n) is 9.88. The largest absolute Gasteiger partial charge is 0.478 e. The quantitative estimate of drug-likeness (QED) is 0.766. The molecule has 0 aliphatic heterocycles. The molecule has 0 saturated heterocycles. The van der Waals surface area contributed by atoms with Gasteiger partial charge < -0.3 is 9.67 Å². The van der Waals surface area contributed by atoms with E-state index in [1.165, 1.54) is 0 Å². The fourth-order valence-electron chi connectivity index (χ4n) is 2.19. The average Bonchev–Trinajstić information content (AvgIpc) is 2.81. The Kier molecular flexibility index (Phi) is 2.76. The minimum atomic E-state index is -0.939. The lowest BCUT2D eigenvalue weighted by Crippen LogP contribution is -2.04. The molecule has 2 aromatic carbocycles. The SMILES string of the molecule is O=C(O)c1ccccc1-n1ccc2cc(Cl)ccc21. The van der Waals surface area contributed by atoms with Crippen LogP contribution in [0.1, 0.15) is 10.4 Å². The Hall–Kier alpha value is -2.26. The molecule has 0 spiro atoms. The van der Waals surface area contributed by atoms with Crippen LogP contribution in [0.25, 0.3) is 16.6 Å². The minimum Gasteiger partial charge on any atom is -0.478 e. The maximum absolute atomic E-state index is 11.3. The molecule has 0 fully saturated rings. The van der Waals surface area contributed by atoms with Crippen molar-refractivity contribution in [2.45, 2.75) is 0 Å². The van der Waals surface area contributed by atoms with Gasteiger partial charge in [-0.15, -0.1) is 0 Å². The Morgan fingerprint density at radius 3 is 2.68 bits per heavy atom. The van der Waals surface area contributed by atoms with Crippen LogP contribution in [0.4, 0.5) is 0 Å². The van der Waals surface area contributed by atoms with Gasteiger partial charge in [0.1, 0.15) is 0 Å². The van der Waals surface area contributed by atoms with Gasteiger partial charge in [-0.1, -0.05) is 23.7 Å². The first kappa shape index (κ1) is 11.8. The highest BCUT2D eigenvalue weighted by Crippen LogP contribution is 2.25. The van der Waals surface area contributed by atoms with E-state index in [9.17, 15) is 9.90 Å². The zero-order valence-corrected chi connectivity index (χ0v) is 10.6. The van der Waals surface area contributed by atoms with Crippen molar-refractivity contribution in [3.63, 3.8) is 0 Å². The van der Waals surface area contributed by atoms with Crippen molar-refractivity contribution in [2.75, 3.05) is 0 Å². The number of aromatic carboxylic acids is 1. The van der Waals surface area contributed by atoms with Crippen LogP contribution in [0.5, 0.6) is 0 Å². The summed E-state index contributed by atoms with van der Waals surface area (Å²) in [6.07, 6.45) is 1.85. The van der Waals surface area contributed by atoms with Crippen molar-refractivity contribution >= 4 is 28.5 Å². The molecular weight excluding hydrogens is 262 g/mol. The molecule has 3 nitrogen and oxygen atoms in total. The summed E-state index contributed by atoms with van der Waals surface area (Å²) in [5.74, 6) is -0.939. The predicted octanol–water partition coefficient (Wildman–Crippen LogP) is 3.98. The van der Waals surface area contributed by atoms with Crippen LogP contribution in [0.2, 0.25) is 5.02 Å². The Bertz CT molecular complexity index is 777. The molecule has 3 rings (SSSR count). The summed E-state index contributed by atoms with van der Waals surface area (Å²) in [5.41, 5.74) is 1.85. The number of nitrogens with zero attached hydrogens (tertiary/aromatic N) is 1. The molecule has 0 amide bonds. The van der Waals surface area contributed by atoms with E-state index in [0.717, 1.165) is 10.9 Å². The molecule has 0 saturated carbocycles. The third kappa shape index (κ3) is 1.98. The van der Waals surface area contributed by atoms with Crippen LogP contribution in [0, 0.1) is 0 Å². The number of hydrogen-bond donors (Lipinski definition) is 1. The van der Waals surface area contributed by atoms with Gasteiger partial charge in [0.05, 0.1) is 16.8 Å². The van der Waals surface area contributed by atoms with Gasteiger partial charge in [-0.25, -0.2) is 4.79 Å². The number of carboxylic acid groups (broad SMARTS) is 1. The lowest BCUT2D eigenvalue weighted by Gasteiger charge is -2.09. The highest BCUT2D eigenvalue weighted by atomic mass is 35.5. The van der Waals surface area contributed by atoms with Crippen molar-refractivity contribution in [1.82, 2.24) is 4.57 Å². The smallest absolute Gasteiger partial charge is 0.337 e. The second-order valence-corrected chi connectivity index (χ2v) is 4.65. The van der Waals surface area contributed by atoms with Gasteiger partial charge in [-0.3, -0.25) is 0 Å². The highest BCUT2D eigenvalue weighted by Gasteiger charge is 2.12. The highest BCUT2D eigenvalue weighted by molar-refractivity contribution is 6.31. The summed E-state index contributed by atoms with van der Waals surface area (Å²) in [4.78, 5) is 11.3. The maximum Gasteiger partial charge on any atom is 0.337 e. The Morgan fingerprint density at radius 1 is 1.11 bits per heavy atom. The lowest BCUT2D eigenvalue weighted by atomic mass is 10.1. The second-order valence-electron chi connectivity index (χ2n) is 4.21. The van der Waals surface area contributed by atoms with Crippen LogP contribution in [-0.2, 0) is 0 Å². The molecule has 0 bridgehead atoms. The number of hydrogen-bond acceptors (Lipinski definition) is 1. The number of para-hydroxylation sites is 1. The number of fused-ring (bicyclic) bond motifs is 1.